The molecule has 23 heavy (non-hydrogen) atoms. The number of rotatable bonds is 8. The summed E-state index contributed by atoms with van der Waals surface area (Å²) in [5, 5.41) is 0. The van der Waals surface area contributed by atoms with Crippen LogP contribution in [-0.2, 0) is 11.2 Å². The molecule has 0 fully saturated rings. The molecule has 0 saturated heterocycles. The van der Waals surface area contributed by atoms with Crippen LogP contribution < -0.4 is 0 Å². The van der Waals surface area contributed by atoms with E-state index in [1.807, 2.05) is 37.3 Å². The smallest absolute Gasteiger partial charge is 0.221 e. The SMILES string of the molecule is CCCCCCc1ccc(N=C(OCC)c2ccccc2)cc1. The summed E-state index contributed by atoms with van der Waals surface area (Å²) in [4.78, 5) is 4.66. The molecule has 0 N–H and O–H groups in total. The third-order valence-electron chi connectivity index (χ3n) is 3.79. The summed E-state index contributed by atoms with van der Waals surface area (Å²) in [6, 6.07) is 18.6. The zero-order valence-electron chi connectivity index (χ0n) is 14.3. The lowest BCUT2D eigenvalue weighted by molar-refractivity contribution is 0.329. The first-order valence-electron chi connectivity index (χ1n) is 8.69. The van der Waals surface area contributed by atoms with Gasteiger partial charge in [0.25, 0.3) is 0 Å². The van der Waals surface area contributed by atoms with Crippen LogP contribution in [0.15, 0.2) is 59.6 Å². The molecule has 2 heteroatoms. The van der Waals surface area contributed by atoms with E-state index in [1.54, 1.807) is 0 Å². The van der Waals surface area contributed by atoms with Crippen molar-refractivity contribution in [2.75, 3.05) is 6.61 Å². The molecule has 0 amide bonds. The Morgan fingerprint density at radius 1 is 0.870 bits per heavy atom. The van der Waals surface area contributed by atoms with Gasteiger partial charge in [0.2, 0.25) is 5.90 Å². The van der Waals surface area contributed by atoms with Crippen LogP contribution in [0, 0.1) is 0 Å². The van der Waals surface area contributed by atoms with Gasteiger partial charge in [-0.1, -0.05) is 56.5 Å². The maximum Gasteiger partial charge on any atom is 0.221 e. The van der Waals surface area contributed by atoms with Crippen molar-refractivity contribution in [3.8, 4) is 0 Å². The number of hydrogen-bond acceptors (Lipinski definition) is 2. The molecule has 2 nitrogen and oxygen atoms in total. The lowest BCUT2D eigenvalue weighted by atomic mass is 10.1. The minimum Gasteiger partial charge on any atom is -0.478 e. The highest BCUT2D eigenvalue weighted by atomic mass is 16.5. The number of aryl methyl sites for hydroxylation is 1. The molecule has 2 aromatic rings. The molecular weight excluding hydrogens is 282 g/mol. The summed E-state index contributed by atoms with van der Waals surface area (Å²) in [5.41, 5.74) is 3.34. The number of ether oxygens (including phenoxy) is 1. The Kier molecular flexibility index (Phi) is 7.38. The third kappa shape index (κ3) is 5.90. The number of unbranched alkanes of at least 4 members (excludes halogenated alkanes) is 3. The Balaban J connectivity index is 2.04. The zero-order chi connectivity index (χ0) is 16.3. The molecule has 0 atom stereocenters. The second kappa shape index (κ2) is 9.83. The lowest BCUT2D eigenvalue weighted by Gasteiger charge is -2.08. The molecule has 0 spiro atoms. The van der Waals surface area contributed by atoms with Crippen molar-refractivity contribution in [2.24, 2.45) is 4.99 Å². The highest BCUT2D eigenvalue weighted by molar-refractivity contribution is 5.95. The fraction of sp³-hybridized carbons (Fsp3) is 0.381. The van der Waals surface area contributed by atoms with Gasteiger partial charge >= 0.3 is 0 Å². The van der Waals surface area contributed by atoms with Crippen molar-refractivity contribution in [3.05, 3.63) is 65.7 Å². The van der Waals surface area contributed by atoms with Crippen LogP contribution >= 0.6 is 0 Å². The topological polar surface area (TPSA) is 21.6 Å². The summed E-state index contributed by atoms with van der Waals surface area (Å²) in [5.74, 6) is 0.684. The number of benzene rings is 2. The fourth-order valence-corrected chi connectivity index (χ4v) is 2.51. The van der Waals surface area contributed by atoms with Crippen LogP contribution in [0.3, 0.4) is 0 Å². The largest absolute Gasteiger partial charge is 0.478 e. The standard InChI is InChI=1S/C21H27NO/c1-3-5-6-8-11-18-14-16-20(17-15-18)22-21(23-4-2)19-12-9-7-10-13-19/h7,9-10,12-17H,3-6,8,11H2,1-2H3. The number of aliphatic imine (C=N–C) groups is 1. The molecule has 0 aliphatic rings. The fourth-order valence-electron chi connectivity index (χ4n) is 2.51. The molecule has 2 aromatic carbocycles. The highest BCUT2D eigenvalue weighted by Gasteiger charge is 2.04. The first-order valence-corrected chi connectivity index (χ1v) is 8.69. The van der Waals surface area contributed by atoms with Gasteiger partial charge in [-0.3, -0.25) is 0 Å². The molecule has 0 saturated carbocycles. The van der Waals surface area contributed by atoms with Crippen LogP contribution in [-0.4, -0.2) is 12.5 Å². The van der Waals surface area contributed by atoms with Crippen LogP contribution in [0.4, 0.5) is 5.69 Å². The second-order valence-electron chi connectivity index (χ2n) is 5.69. The van der Waals surface area contributed by atoms with E-state index in [0.29, 0.717) is 12.5 Å². The van der Waals surface area contributed by atoms with Crippen molar-refractivity contribution >= 4 is 11.6 Å². The zero-order valence-corrected chi connectivity index (χ0v) is 14.3. The maximum atomic E-state index is 5.70. The summed E-state index contributed by atoms with van der Waals surface area (Å²) in [6.45, 7) is 4.84. The average molecular weight is 309 g/mol. The van der Waals surface area contributed by atoms with Gasteiger partial charge in [0, 0.05) is 5.56 Å². The normalized spacial score (nSPS) is 11.5. The van der Waals surface area contributed by atoms with Gasteiger partial charge in [-0.25, -0.2) is 4.99 Å². The number of hydrogen-bond donors (Lipinski definition) is 0. The number of nitrogens with zero attached hydrogens (tertiary/aromatic N) is 1. The van der Waals surface area contributed by atoms with Gasteiger partial charge in [0.1, 0.15) is 0 Å². The highest BCUT2D eigenvalue weighted by Crippen LogP contribution is 2.17. The molecule has 0 aliphatic heterocycles. The van der Waals surface area contributed by atoms with Gasteiger partial charge in [0.15, 0.2) is 0 Å². The Morgan fingerprint density at radius 2 is 1.61 bits per heavy atom. The molecular formula is C21H27NO. The van der Waals surface area contributed by atoms with Crippen molar-refractivity contribution in [1.29, 1.82) is 0 Å². The van der Waals surface area contributed by atoms with Gasteiger partial charge in [-0.2, -0.15) is 0 Å². The molecule has 0 aromatic heterocycles. The molecule has 0 radical (unpaired) electrons. The first-order chi connectivity index (χ1) is 11.3. The third-order valence-corrected chi connectivity index (χ3v) is 3.79. The minimum absolute atomic E-state index is 0.614. The van der Waals surface area contributed by atoms with Crippen molar-refractivity contribution in [1.82, 2.24) is 0 Å². The molecule has 0 aliphatic carbocycles. The Labute approximate surface area is 140 Å². The van der Waals surface area contributed by atoms with Crippen LogP contribution in [0.1, 0.15) is 50.7 Å². The van der Waals surface area contributed by atoms with Gasteiger partial charge in [0.05, 0.1) is 12.3 Å². The molecule has 0 unspecified atom stereocenters. The van der Waals surface area contributed by atoms with E-state index in [0.717, 1.165) is 17.7 Å². The minimum atomic E-state index is 0.614. The van der Waals surface area contributed by atoms with Crippen LogP contribution in [0.2, 0.25) is 0 Å². The summed E-state index contributed by atoms with van der Waals surface area (Å²) < 4.78 is 5.70. The Morgan fingerprint density at radius 3 is 2.26 bits per heavy atom. The van der Waals surface area contributed by atoms with Crippen LogP contribution in [0.25, 0.3) is 0 Å². The van der Waals surface area contributed by atoms with Gasteiger partial charge in [-0.15, -0.1) is 0 Å². The predicted molar refractivity (Wildman–Crippen MR) is 98.6 cm³/mol. The van der Waals surface area contributed by atoms with E-state index in [-0.39, 0.29) is 0 Å². The molecule has 2 rings (SSSR count). The average Bonchev–Trinajstić information content (AvgIpc) is 2.60. The van der Waals surface area contributed by atoms with Crippen LogP contribution in [0.5, 0.6) is 0 Å². The van der Waals surface area contributed by atoms with E-state index < -0.39 is 0 Å². The molecule has 0 heterocycles. The van der Waals surface area contributed by atoms with E-state index in [4.69, 9.17) is 4.74 Å². The van der Waals surface area contributed by atoms with E-state index in [9.17, 15) is 0 Å². The van der Waals surface area contributed by atoms with Gasteiger partial charge < -0.3 is 4.74 Å². The van der Waals surface area contributed by atoms with E-state index in [1.165, 1.54) is 31.2 Å². The quantitative estimate of drug-likeness (QED) is 0.337. The second-order valence-corrected chi connectivity index (χ2v) is 5.69. The Bertz CT molecular complexity index is 587. The maximum absolute atomic E-state index is 5.70. The van der Waals surface area contributed by atoms with E-state index >= 15 is 0 Å². The predicted octanol–water partition coefficient (Wildman–Crippen LogP) is 5.92. The first kappa shape index (κ1) is 17.3. The van der Waals surface area contributed by atoms with E-state index in [2.05, 4.69) is 36.2 Å². The molecule has 122 valence electrons. The van der Waals surface area contributed by atoms with Crippen molar-refractivity contribution < 1.29 is 4.74 Å². The van der Waals surface area contributed by atoms with Crippen molar-refractivity contribution in [3.63, 3.8) is 0 Å². The summed E-state index contributed by atoms with van der Waals surface area (Å²) >= 11 is 0. The lowest BCUT2D eigenvalue weighted by Crippen LogP contribution is -2.05. The monoisotopic (exact) mass is 309 g/mol. The van der Waals surface area contributed by atoms with Crippen molar-refractivity contribution in [2.45, 2.75) is 46.0 Å². The van der Waals surface area contributed by atoms with Gasteiger partial charge in [-0.05, 0) is 49.6 Å². The Hall–Kier alpha value is -2.09. The summed E-state index contributed by atoms with van der Waals surface area (Å²) in [7, 11) is 0. The summed E-state index contributed by atoms with van der Waals surface area (Å²) in [6.07, 6.45) is 6.36. The molecule has 0 bridgehead atoms.